The molecule has 1 atom stereocenters. The van der Waals surface area contributed by atoms with Gasteiger partial charge in [0.05, 0.1) is 11.9 Å². The number of amides is 1. The van der Waals surface area contributed by atoms with Gasteiger partial charge >= 0.3 is 0 Å². The third-order valence-electron chi connectivity index (χ3n) is 2.42. The number of pyridine rings is 1. The molecular weight excluding hydrogens is 308 g/mol. The molecule has 98 valence electrons. The number of hydrogen-bond acceptors (Lipinski definition) is 3. The molecule has 1 aromatic carbocycles. The zero-order valence-electron chi connectivity index (χ0n) is 10.3. The molecule has 0 aliphatic carbocycles. The van der Waals surface area contributed by atoms with Gasteiger partial charge in [-0.2, -0.15) is 0 Å². The van der Waals surface area contributed by atoms with Gasteiger partial charge in [-0.3, -0.25) is 9.78 Å². The maximum Gasteiger partial charge on any atom is 0.265 e. The molecule has 0 fully saturated rings. The van der Waals surface area contributed by atoms with E-state index in [-0.39, 0.29) is 5.91 Å². The minimum Gasteiger partial charge on any atom is -0.481 e. The van der Waals surface area contributed by atoms with Gasteiger partial charge in [0.15, 0.2) is 6.10 Å². The van der Waals surface area contributed by atoms with Crippen LogP contribution in [-0.4, -0.2) is 17.0 Å². The lowest BCUT2D eigenvalue weighted by atomic mass is 10.3. The first-order valence-corrected chi connectivity index (χ1v) is 6.57. The average molecular weight is 321 g/mol. The Morgan fingerprint density at radius 1 is 1.32 bits per heavy atom. The Balaban J connectivity index is 1.94. The summed E-state index contributed by atoms with van der Waals surface area (Å²) in [6.07, 6.45) is 2.66. The second-order valence-electron chi connectivity index (χ2n) is 3.94. The van der Waals surface area contributed by atoms with E-state index in [0.717, 1.165) is 4.47 Å². The monoisotopic (exact) mass is 320 g/mol. The van der Waals surface area contributed by atoms with Crippen LogP contribution in [0, 0.1) is 0 Å². The van der Waals surface area contributed by atoms with Crippen LogP contribution in [-0.2, 0) is 4.79 Å². The van der Waals surface area contributed by atoms with Crippen LogP contribution < -0.4 is 10.1 Å². The molecule has 0 aliphatic heterocycles. The molecule has 0 aliphatic rings. The van der Waals surface area contributed by atoms with E-state index in [2.05, 4.69) is 26.2 Å². The number of ether oxygens (including phenoxy) is 1. The number of nitrogens with zero attached hydrogens (tertiary/aromatic N) is 1. The fourth-order valence-electron chi connectivity index (χ4n) is 1.45. The number of nitrogens with one attached hydrogen (secondary N) is 1. The molecule has 4 nitrogen and oxygen atoms in total. The highest BCUT2D eigenvalue weighted by molar-refractivity contribution is 9.10. The standard InChI is InChI=1S/C14H13BrN2O2/c1-10(19-13-6-4-11(15)5-7-13)14(18)17-12-3-2-8-16-9-12/h2-10H,1H3,(H,17,18). The van der Waals surface area contributed by atoms with Crippen LogP contribution in [0.2, 0.25) is 0 Å². The van der Waals surface area contributed by atoms with E-state index >= 15 is 0 Å². The molecule has 0 saturated carbocycles. The number of benzene rings is 1. The van der Waals surface area contributed by atoms with Crippen molar-refractivity contribution in [3.63, 3.8) is 0 Å². The molecule has 1 amide bonds. The van der Waals surface area contributed by atoms with Crippen LogP contribution >= 0.6 is 15.9 Å². The van der Waals surface area contributed by atoms with Crippen molar-refractivity contribution in [1.82, 2.24) is 4.98 Å². The Kier molecular flexibility index (Phi) is 4.52. The summed E-state index contributed by atoms with van der Waals surface area (Å²) >= 11 is 3.34. The van der Waals surface area contributed by atoms with Crippen molar-refractivity contribution in [2.24, 2.45) is 0 Å². The maximum atomic E-state index is 11.9. The van der Waals surface area contributed by atoms with Gasteiger partial charge in [-0.25, -0.2) is 0 Å². The molecular formula is C14H13BrN2O2. The second-order valence-corrected chi connectivity index (χ2v) is 4.86. The summed E-state index contributed by atoms with van der Waals surface area (Å²) in [5.74, 6) is 0.438. The van der Waals surface area contributed by atoms with E-state index in [4.69, 9.17) is 4.74 Å². The van der Waals surface area contributed by atoms with Gasteiger partial charge in [-0.05, 0) is 43.3 Å². The molecule has 5 heteroatoms. The Labute approximate surface area is 119 Å². The minimum atomic E-state index is -0.582. The predicted octanol–water partition coefficient (Wildman–Crippen LogP) is 3.25. The SMILES string of the molecule is CC(Oc1ccc(Br)cc1)C(=O)Nc1cccnc1. The summed E-state index contributed by atoms with van der Waals surface area (Å²) < 4.78 is 6.52. The molecule has 1 unspecified atom stereocenters. The van der Waals surface area contributed by atoms with E-state index in [1.165, 1.54) is 0 Å². The average Bonchev–Trinajstić information content (AvgIpc) is 2.42. The maximum absolute atomic E-state index is 11.9. The highest BCUT2D eigenvalue weighted by Crippen LogP contribution is 2.17. The van der Waals surface area contributed by atoms with E-state index in [1.807, 2.05) is 12.1 Å². The number of hydrogen-bond donors (Lipinski definition) is 1. The third kappa shape index (κ3) is 4.06. The van der Waals surface area contributed by atoms with Gasteiger partial charge in [0, 0.05) is 10.7 Å². The van der Waals surface area contributed by atoms with Crippen LogP contribution in [0.3, 0.4) is 0 Å². The Hall–Kier alpha value is -1.88. The Morgan fingerprint density at radius 2 is 2.05 bits per heavy atom. The van der Waals surface area contributed by atoms with Crippen molar-refractivity contribution in [2.45, 2.75) is 13.0 Å². The quantitative estimate of drug-likeness (QED) is 0.940. The predicted molar refractivity (Wildman–Crippen MR) is 77.1 cm³/mol. The first-order valence-electron chi connectivity index (χ1n) is 5.78. The van der Waals surface area contributed by atoms with E-state index in [9.17, 15) is 4.79 Å². The number of anilines is 1. The Bertz CT molecular complexity index is 543. The first kappa shape index (κ1) is 13.5. The van der Waals surface area contributed by atoms with Crippen molar-refractivity contribution in [3.05, 3.63) is 53.3 Å². The summed E-state index contributed by atoms with van der Waals surface area (Å²) in [6, 6.07) is 10.9. The highest BCUT2D eigenvalue weighted by Gasteiger charge is 2.14. The zero-order chi connectivity index (χ0) is 13.7. The number of carbonyl (C=O) groups is 1. The Morgan fingerprint density at radius 3 is 2.68 bits per heavy atom. The topological polar surface area (TPSA) is 51.2 Å². The molecule has 2 aromatic rings. The van der Waals surface area contributed by atoms with Gasteiger partial charge in [0.25, 0.3) is 5.91 Å². The molecule has 19 heavy (non-hydrogen) atoms. The summed E-state index contributed by atoms with van der Waals surface area (Å²) in [4.78, 5) is 15.8. The van der Waals surface area contributed by atoms with Crippen molar-refractivity contribution in [2.75, 3.05) is 5.32 Å². The lowest BCUT2D eigenvalue weighted by Crippen LogP contribution is -2.30. The highest BCUT2D eigenvalue weighted by atomic mass is 79.9. The van der Waals surface area contributed by atoms with Crippen LogP contribution in [0.15, 0.2) is 53.3 Å². The summed E-state index contributed by atoms with van der Waals surface area (Å²) in [6.45, 7) is 1.70. The summed E-state index contributed by atoms with van der Waals surface area (Å²) in [7, 11) is 0. The molecule has 0 spiro atoms. The fraction of sp³-hybridized carbons (Fsp3) is 0.143. The zero-order valence-corrected chi connectivity index (χ0v) is 11.9. The number of aromatic nitrogens is 1. The third-order valence-corrected chi connectivity index (χ3v) is 2.95. The fourth-order valence-corrected chi connectivity index (χ4v) is 1.72. The van der Waals surface area contributed by atoms with Crippen molar-refractivity contribution in [1.29, 1.82) is 0 Å². The largest absolute Gasteiger partial charge is 0.481 e. The van der Waals surface area contributed by atoms with Gasteiger partial charge in [-0.15, -0.1) is 0 Å². The lowest BCUT2D eigenvalue weighted by Gasteiger charge is -2.14. The van der Waals surface area contributed by atoms with Crippen LogP contribution in [0.5, 0.6) is 5.75 Å². The molecule has 2 rings (SSSR count). The van der Waals surface area contributed by atoms with Crippen molar-refractivity contribution in [3.8, 4) is 5.75 Å². The second kappa shape index (κ2) is 6.33. The van der Waals surface area contributed by atoms with Crippen LogP contribution in [0.1, 0.15) is 6.92 Å². The van der Waals surface area contributed by atoms with Gasteiger partial charge in [0.2, 0.25) is 0 Å². The number of halogens is 1. The minimum absolute atomic E-state index is 0.212. The first-order chi connectivity index (χ1) is 9.15. The van der Waals surface area contributed by atoms with E-state index < -0.39 is 6.10 Å². The van der Waals surface area contributed by atoms with E-state index in [0.29, 0.717) is 11.4 Å². The number of rotatable bonds is 4. The van der Waals surface area contributed by atoms with Crippen LogP contribution in [0.4, 0.5) is 5.69 Å². The molecule has 0 saturated heterocycles. The molecule has 1 aromatic heterocycles. The van der Waals surface area contributed by atoms with Gasteiger partial charge < -0.3 is 10.1 Å². The van der Waals surface area contributed by atoms with Crippen molar-refractivity contribution >= 4 is 27.5 Å². The van der Waals surface area contributed by atoms with Crippen LogP contribution in [0.25, 0.3) is 0 Å². The molecule has 1 N–H and O–H groups in total. The van der Waals surface area contributed by atoms with E-state index in [1.54, 1.807) is 43.6 Å². The van der Waals surface area contributed by atoms with Gasteiger partial charge in [0.1, 0.15) is 5.75 Å². The van der Waals surface area contributed by atoms with Gasteiger partial charge in [-0.1, -0.05) is 15.9 Å². The summed E-state index contributed by atoms with van der Waals surface area (Å²) in [5, 5.41) is 2.74. The van der Waals surface area contributed by atoms with Crippen molar-refractivity contribution < 1.29 is 9.53 Å². The molecule has 0 radical (unpaired) electrons. The molecule has 1 heterocycles. The lowest BCUT2D eigenvalue weighted by molar-refractivity contribution is -0.122. The smallest absolute Gasteiger partial charge is 0.265 e. The normalized spacial score (nSPS) is 11.7. The molecule has 0 bridgehead atoms. The number of carbonyl (C=O) groups excluding carboxylic acids is 1. The summed E-state index contributed by atoms with van der Waals surface area (Å²) in [5.41, 5.74) is 0.652.